The van der Waals surface area contributed by atoms with Crippen molar-refractivity contribution in [1.29, 1.82) is 0 Å². The van der Waals surface area contributed by atoms with Crippen molar-refractivity contribution in [1.82, 2.24) is 4.98 Å². The molecule has 0 N–H and O–H groups in total. The van der Waals surface area contributed by atoms with Crippen LogP contribution in [0.25, 0.3) is 27.5 Å². The van der Waals surface area contributed by atoms with Gasteiger partial charge in [0.15, 0.2) is 0 Å². The number of aliphatic imine (C=N–C) groups is 1. The summed E-state index contributed by atoms with van der Waals surface area (Å²) < 4.78 is 0. The third-order valence-electron chi connectivity index (χ3n) is 4.39. The molecule has 124 valence electrons. The second kappa shape index (κ2) is 7.27. The first-order chi connectivity index (χ1) is 12.2. The maximum absolute atomic E-state index is 4.48. The van der Waals surface area contributed by atoms with Crippen molar-refractivity contribution in [3.05, 3.63) is 84.3 Å². The van der Waals surface area contributed by atoms with E-state index in [9.17, 15) is 0 Å². The first-order valence-electron chi connectivity index (χ1n) is 8.42. The van der Waals surface area contributed by atoms with Crippen LogP contribution in [-0.4, -0.2) is 11.2 Å². The molecule has 1 aromatic heterocycles. The quantitative estimate of drug-likeness (QED) is 0.413. The van der Waals surface area contributed by atoms with Crippen LogP contribution in [0.1, 0.15) is 25.0 Å². The molecule has 1 heterocycles. The highest BCUT2D eigenvalue weighted by Gasteiger charge is 2.12. The van der Waals surface area contributed by atoms with E-state index < -0.39 is 0 Å². The van der Waals surface area contributed by atoms with Crippen molar-refractivity contribution in [2.45, 2.75) is 20.8 Å². The highest BCUT2D eigenvalue weighted by atomic mass is 14.7. The fourth-order valence-electron chi connectivity index (χ4n) is 3.24. The molecule has 2 nitrogen and oxygen atoms in total. The normalized spacial score (nSPS) is 12.4. The highest BCUT2D eigenvalue weighted by Crippen LogP contribution is 2.35. The van der Waals surface area contributed by atoms with Gasteiger partial charge in [-0.25, -0.2) is 0 Å². The first kappa shape index (κ1) is 16.8. The van der Waals surface area contributed by atoms with E-state index >= 15 is 0 Å². The van der Waals surface area contributed by atoms with Crippen molar-refractivity contribution in [2.24, 2.45) is 4.99 Å². The number of hydrogen-bond acceptors (Lipinski definition) is 2. The molecule has 0 unspecified atom stereocenters. The summed E-state index contributed by atoms with van der Waals surface area (Å²) in [5, 5.41) is 2.46. The Morgan fingerprint density at radius 1 is 1.12 bits per heavy atom. The molecule has 2 aromatic carbocycles. The lowest BCUT2D eigenvalue weighted by molar-refractivity contribution is 1.32. The van der Waals surface area contributed by atoms with Gasteiger partial charge in [0.05, 0.1) is 0 Å². The number of rotatable bonds is 4. The molecule has 0 atom stereocenters. The van der Waals surface area contributed by atoms with Gasteiger partial charge in [0.1, 0.15) is 0 Å². The summed E-state index contributed by atoms with van der Waals surface area (Å²) in [6, 6.07) is 14.9. The minimum Gasteiger partial charge on any atom is -0.266 e. The zero-order valence-electron chi connectivity index (χ0n) is 15.0. The standard InChI is InChI=1S/C23H22N2/c1-5-21(17(4)25-6-2)22-14-20(19-11-8-12-24-15-19)13-18-10-7-9-16(3)23(18)22/h5-15H,1H2,2-4H3/b21-17+,25-6?. The Labute approximate surface area is 149 Å². The number of hydrogen-bond donors (Lipinski definition) is 0. The summed E-state index contributed by atoms with van der Waals surface area (Å²) in [6.07, 6.45) is 7.41. The van der Waals surface area contributed by atoms with Crippen molar-refractivity contribution in [2.75, 3.05) is 0 Å². The molecule has 25 heavy (non-hydrogen) atoms. The van der Waals surface area contributed by atoms with Crippen LogP contribution in [0.15, 0.2) is 78.2 Å². The lowest BCUT2D eigenvalue weighted by Crippen LogP contribution is -1.92. The van der Waals surface area contributed by atoms with Crippen LogP contribution in [0.4, 0.5) is 0 Å². The summed E-state index contributed by atoms with van der Waals surface area (Å²) in [7, 11) is 0. The minimum absolute atomic E-state index is 0.963. The Bertz CT molecular complexity index is 980. The molecule has 0 aliphatic carbocycles. The molecule has 0 aliphatic heterocycles. The van der Waals surface area contributed by atoms with E-state index in [1.165, 1.54) is 16.3 Å². The van der Waals surface area contributed by atoms with Crippen LogP contribution in [-0.2, 0) is 0 Å². The molecule has 0 spiro atoms. The Hall–Kier alpha value is -3.00. The molecule has 0 radical (unpaired) electrons. The number of aromatic nitrogens is 1. The first-order valence-corrected chi connectivity index (χ1v) is 8.42. The summed E-state index contributed by atoms with van der Waals surface area (Å²) >= 11 is 0. The van der Waals surface area contributed by atoms with Crippen LogP contribution in [0.2, 0.25) is 0 Å². The summed E-state index contributed by atoms with van der Waals surface area (Å²) in [5.74, 6) is 0. The third kappa shape index (κ3) is 3.29. The molecule has 0 amide bonds. The van der Waals surface area contributed by atoms with E-state index in [4.69, 9.17) is 0 Å². The monoisotopic (exact) mass is 326 g/mol. The number of aryl methyl sites for hydroxylation is 1. The predicted octanol–water partition coefficient (Wildman–Crippen LogP) is 6.22. The average molecular weight is 326 g/mol. The average Bonchev–Trinajstić information content (AvgIpc) is 2.63. The van der Waals surface area contributed by atoms with E-state index in [0.29, 0.717) is 0 Å². The van der Waals surface area contributed by atoms with Gasteiger partial charge in [0.25, 0.3) is 0 Å². The largest absolute Gasteiger partial charge is 0.266 e. The fraction of sp³-hybridized carbons (Fsp3) is 0.130. The van der Waals surface area contributed by atoms with Gasteiger partial charge in [-0.1, -0.05) is 36.9 Å². The zero-order valence-corrected chi connectivity index (χ0v) is 15.0. The molecule has 2 heteroatoms. The van der Waals surface area contributed by atoms with Crippen molar-refractivity contribution >= 4 is 22.6 Å². The molecule has 0 saturated carbocycles. The number of nitrogens with zero attached hydrogens (tertiary/aromatic N) is 2. The zero-order chi connectivity index (χ0) is 17.8. The van der Waals surface area contributed by atoms with Crippen LogP contribution in [0.5, 0.6) is 0 Å². The molecule has 0 saturated heterocycles. The third-order valence-corrected chi connectivity index (χ3v) is 4.39. The fourth-order valence-corrected chi connectivity index (χ4v) is 3.24. The molecule has 3 aromatic rings. The van der Waals surface area contributed by atoms with Gasteiger partial charge in [-0.2, -0.15) is 0 Å². The summed E-state index contributed by atoms with van der Waals surface area (Å²) in [6.45, 7) is 10.1. The molecular formula is C23H22N2. The Morgan fingerprint density at radius 2 is 1.96 bits per heavy atom. The van der Waals surface area contributed by atoms with Crippen LogP contribution in [0.3, 0.4) is 0 Å². The van der Waals surface area contributed by atoms with E-state index in [0.717, 1.165) is 28.0 Å². The van der Waals surface area contributed by atoms with Gasteiger partial charge in [-0.3, -0.25) is 9.98 Å². The molecular weight excluding hydrogens is 304 g/mol. The molecule has 0 aliphatic rings. The summed E-state index contributed by atoms with van der Waals surface area (Å²) in [4.78, 5) is 8.74. The second-order valence-corrected chi connectivity index (χ2v) is 6.03. The van der Waals surface area contributed by atoms with Gasteiger partial charge < -0.3 is 0 Å². The summed E-state index contributed by atoms with van der Waals surface area (Å²) in [5.41, 5.74) is 6.68. The Balaban J connectivity index is 2.39. The van der Waals surface area contributed by atoms with Gasteiger partial charge >= 0.3 is 0 Å². The maximum atomic E-state index is 4.48. The highest BCUT2D eigenvalue weighted by molar-refractivity contribution is 6.01. The Morgan fingerprint density at radius 3 is 2.64 bits per heavy atom. The van der Waals surface area contributed by atoms with Gasteiger partial charge in [0.2, 0.25) is 0 Å². The number of pyridine rings is 1. The SMILES string of the molecule is C=C/C(=C(/C)N=CC)c1cc(-c2cccnc2)cc2cccc(C)c12. The number of fused-ring (bicyclic) bond motifs is 1. The molecule has 3 rings (SSSR count). The van der Waals surface area contributed by atoms with Crippen LogP contribution in [0, 0.1) is 6.92 Å². The minimum atomic E-state index is 0.963. The lowest BCUT2D eigenvalue weighted by Gasteiger charge is -2.15. The lowest BCUT2D eigenvalue weighted by atomic mass is 9.90. The van der Waals surface area contributed by atoms with Crippen molar-refractivity contribution < 1.29 is 0 Å². The van der Waals surface area contributed by atoms with Crippen molar-refractivity contribution in [3.63, 3.8) is 0 Å². The van der Waals surface area contributed by atoms with Gasteiger partial charge in [-0.05, 0) is 66.4 Å². The van der Waals surface area contributed by atoms with Gasteiger partial charge in [-0.15, -0.1) is 0 Å². The topological polar surface area (TPSA) is 25.2 Å². The van der Waals surface area contributed by atoms with Crippen LogP contribution < -0.4 is 0 Å². The number of allylic oxidation sites excluding steroid dienone is 3. The second-order valence-electron chi connectivity index (χ2n) is 6.03. The van der Waals surface area contributed by atoms with E-state index in [1.54, 1.807) is 6.20 Å². The van der Waals surface area contributed by atoms with Crippen molar-refractivity contribution in [3.8, 4) is 11.1 Å². The maximum Gasteiger partial charge on any atom is 0.0446 e. The predicted molar refractivity (Wildman–Crippen MR) is 109 cm³/mol. The molecule has 0 fully saturated rings. The van der Waals surface area contributed by atoms with E-state index in [2.05, 4.69) is 59.9 Å². The number of benzene rings is 2. The van der Waals surface area contributed by atoms with E-state index in [1.807, 2.05) is 38.4 Å². The Kier molecular flexibility index (Phi) is 4.90. The van der Waals surface area contributed by atoms with Gasteiger partial charge in [0, 0.05) is 35.4 Å². The van der Waals surface area contributed by atoms with E-state index in [-0.39, 0.29) is 0 Å². The molecule has 0 bridgehead atoms. The smallest absolute Gasteiger partial charge is 0.0446 e. The van der Waals surface area contributed by atoms with Crippen LogP contribution >= 0.6 is 0 Å².